The molecule has 1 aliphatic heterocycles. The van der Waals surface area contributed by atoms with Crippen molar-refractivity contribution in [2.75, 3.05) is 26.4 Å². The molecular weight excluding hydrogens is 470 g/mol. The molecule has 4 rings (SSSR count). The van der Waals surface area contributed by atoms with E-state index in [1.165, 1.54) is 12.4 Å². The first kappa shape index (κ1) is 24.7. The van der Waals surface area contributed by atoms with Gasteiger partial charge in [0.05, 0.1) is 16.4 Å². The number of nitrogens with one attached hydrogen (secondary N) is 1. The molecule has 1 aromatic heterocycles. The van der Waals surface area contributed by atoms with Crippen molar-refractivity contribution in [1.29, 1.82) is 0 Å². The summed E-state index contributed by atoms with van der Waals surface area (Å²) < 4.78 is 12.8. The van der Waals surface area contributed by atoms with E-state index >= 15 is 0 Å². The van der Waals surface area contributed by atoms with E-state index in [0.717, 1.165) is 35.9 Å². The quantitative estimate of drug-likeness (QED) is 0.350. The number of rotatable bonds is 9. The molecule has 3 aromatic rings. The highest BCUT2D eigenvalue weighted by molar-refractivity contribution is 7.99. The van der Waals surface area contributed by atoms with Crippen molar-refractivity contribution in [1.82, 2.24) is 20.1 Å². The lowest BCUT2D eigenvalue weighted by Crippen LogP contribution is -2.44. The fraction of sp³-hybridized carbons (Fsp3) is 0.375. The van der Waals surface area contributed by atoms with Gasteiger partial charge in [0.25, 0.3) is 11.6 Å². The van der Waals surface area contributed by atoms with E-state index in [9.17, 15) is 14.9 Å². The normalized spacial score (nSPS) is 14.9. The monoisotopic (exact) mass is 497 g/mol. The Balaban J connectivity index is 1.52. The van der Waals surface area contributed by atoms with Gasteiger partial charge in [0.15, 0.2) is 5.16 Å². The molecule has 1 saturated heterocycles. The number of nitrogens with zero attached hydrogens (tertiary/aromatic N) is 4. The van der Waals surface area contributed by atoms with Crippen LogP contribution in [-0.2, 0) is 17.2 Å². The maximum absolute atomic E-state index is 13.0. The Bertz CT molecular complexity index is 1190. The van der Waals surface area contributed by atoms with Crippen LogP contribution in [0.25, 0.3) is 0 Å². The minimum atomic E-state index is -0.491. The van der Waals surface area contributed by atoms with Crippen LogP contribution in [0.15, 0.2) is 58.8 Å². The molecular formula is C24H27N5O5S. The second kappa shape index (κ2) is 10.9. The van der Waals surface area contributed by atoms with Crippen molar-refractivity contribution in [3.8, 4) is 5.75 Å². The molecule has 0 saturated carbocycles. The first-order valence-electron chi connectivity index (χ1n) is 11.3. The van der Waals surface area contributed by atoms with Gasteiger partial charge in [0.2, 0.25) is 0 Å². The largest absolute Gasteiger partial charge is 0.494 e. The predicted octanol–water partition coefficient (Wildman–Crippen LogP) is 3.75. The number of carbonyl (C=O) groups excluding carboxylic acids is 1. The highest BCUT2D eigenvalue weighted by atomic mass is 32.2. The van der Waals surface area contributed by atoms with Crippen LogP contribution in [0.1, 0.15) is 35.7 Å². The van der Waals surface area contributed by atoms with E-state index in [1.807, 2.05) is 31.2 Å². The zero-order valence-corrected chi connectivity index (χ0v) is 20.4. The number of aryl methyl sites for hydroxylation is 1. The van der Waals surface area contributed by atoms with E-state index in [0.29, 0.717) is 36.4 Å². The Labute approximate surface area is 207 Å². The van der Waals surface area contributed by atoms with E-state index in [1.54, 1.807) is 23.7 Å². The molecule has 1 aliphatic rings. The van der Waals surface area contributed by atoms with Crippen LogP contribution >= 0.6 is 11.8 Å². The Hall–Kier alpha value is -3.44. The van der Waals surface area contributed by atoms with Gasteiger partial charge in [0.1, 0.15) is 12.1 Å². The lowest BCUT2D eigenvalue weighted by atomic mass is 9.74. The van der Waals surface area contributed by atoms with Gasteiger partial charge in [-0.25, -0.2) is 0 Å². The number of nitro benzene ring substituents is 1. The number of nitro groups is 1. The molecule has 184 valence electrons. The van der Waals surface area contributed by atoms with Gasteiger partial charge in [-0.05, 0) is 61.4 Å². The number of carbonyl (C=O) groups is 1. The number of ether oxygens (including phenoxy) is 2. The lowest BCUT2D eigenvalue weighted by molar-refractivity contribution is -0.387. The Morgan fingerprint density at radius 1 is 1.26 bits per heavy atom. The van der Waals surface area contributed by atoms with Crippen molar-refractivity contribution in [2.45, 2.75) is 35.2 Å². The van der Waals surface area contributed by atoms with E-state index < -0.39 is 4.92 Å². The van der Waals surface area contributed by atoms with Crippen LogP contribution < -0.4 is 10.1 Å². The SMILES string of the molecule is CCOc1ccc(C2(CNC(=O)c3ccc(Sc4nncn4C)c([N+](=O)[O-])c3)CCOCC2)cc1. The predicted molar refractivity (Wildman–Crippen MR) is 130 cm³/mol. The third kappa shape index (κ3) is 5.63. The van der Waals surface area contributed by atoms with Gasteiger partial charge in [-0.15, -0.1) is 10.2 Å². The van der Waals surface area contributed by atoms with Crippen molar-refractivity contribution < 1.29 is 19.2 Å². The molecule has 10 nitrogen and oxygen atoms in total. The van der Waals surface area contributed by atoms with E-state index in [-0.39, 0.29) is 22.6 Å². The molecule has 2 heterocycles. The number of benzene rings is 2. The van der Waals surface area contributed by atoms with Gasteiger partial charge in [0, 0.05) is 43.9 Å². The number of hydrogen-bond acceptors (Lipinski definition) is 8. The summed E-state index contributed by atoms with van der Waals surface area (Å²) in [4.78, 5) is 24.7. The smallest absolute Gasteiger partial charge is 0.284 e. The standard InChI is InChI=1S/C24H27N5O5S/c1-3-34-19-7-5-18(6-8-19)24(10-12-33-13-11-24)15-25-22(30)17-4-9-21(20(14-17)29(31)32)35-23-27-26-16-28(23)2/h4-9,14,16H,3,10-13,15H2,1-2H3,(H,25,30). The summed E-state index contributed by atoms with van der Waals surface area (Å²) in [6.45, 7) is 4.13. The summed E-state index contributed by atoms with van der Waals surface area (Å²) in [5.41, 5.74) is 0.891. The van der Waals surface area contributed by atoms with Crippen molar-refractivity contribution in [3.05, 3.63) is 70.0 Å². The maximum Gasteiger partial charge on any atom is 0.284 e. The second-order valence-electron chi connectivity index (χ2n) is 8.30. The van der Waals surface area contributed by atoms with E-state index in [2.05, 4.69) is 15.5 Å². The van der Waals surface area contributed by atoms with Crippen molar-refractivity contribution in [2.24, 2.45) is 7.05 Å². The number of amides is 1. The minimum Gasteiger partial charge on any atom is -0.494 e. The van der Waals surface area contributed by atoms with Gasteiger partial charge in [-0.3, -0.25) is 14.9 Å². The Morgan fingerprint density at radius 3 is 2.63 bits per heavy atom. The Morgan fingerprint density at radius 2 is 2.00 bits per heavy atom. The molecule has 2 aromatic carbocycles. The van der Waals surface area contributed by atoms with Crippen molar-refractivity contribution in [3.63, 3.8) is 0 Å². The molecule has 0 unspecified atom stereocenters. The number of aromatic nitrogens is 3. The van der Waals surface area contributed by atoms with Gasteiger partial charge in [-0.2, -0.15) is 0 Å². The van der Waals surface area contributed by atoms with Crippen molar-refractivity contribution >= 4 is 23.4 Å². The third-order valence-corrected chi connectivity index (χ3v) is 7.22. The summed E-state index contributed by atoms with van der Waals surface area (Å²) in [7, 11) is 1.76. The summed E-state index contributed by atoms with van der Waals surface area (Å²) in [5, 5.41) is 23.0. The molecule has 0 aliphatic carbocycles. The van der Waals surface area contributed by atoms with Crippen LogP contribution in [0.4, 0.5) is 5.69 Å². The third-order valence-electron chi connectivity index (χ3n) is 6.10. The van der Waals surface area contributed by atoms with Crippen LogP contribution in [0.3, 0.4) is 0 Å². The summed E-state index contributed by atoms with van der Waals surface area (Å²) in [6.07, 6.45) is 3.04. The highest BCUT2D eigenvalue weighted by Crippen LogP contribution is 2.36. The van der Waals surface area contributed by atoms with Crippen LogP contribution in [0.5, 0.6) is 5.75 Å². The highest BCUT2D eigenvalue weighted by Gasteiger charge is 2.35. The summed E-state index contributed by atoms with van der Waals surface area (Å²) in [5.74, 6) is 0.439. The Kier molecular flexibility index (Phi) is 7.67. The zero-order chi connectivity index (χ0) is 24.8. The molecule has 1 amide bonds. The van der Waals surface area contributed by atoms with Crippen LogP contribution in [0, 0.1) is 10.1 Å². The summed E-state index contributed by atoms with van der Waals surface area (Å²) >= 11 is 1.13. The van der Waals surface area contributed by atoms with E-state index in [4.69, 9.17) is 9.47 Å². The van der Waals surface area contributed by atoms with Gasteiger partial charge < -0.3 is 19.4 Å². The molecule has 1 fully saturated rings. The van der Waals surface area contributed by atoms with Crippen LogP contribution in [0.2, 0.25) is 0 Å². The zero-order valence-electron chi connectivity index (χ0n) is 19.6. The molecule has 35 heavy (non-hydrogen) atoms. The first-order chi connectivity index (χ1) is 16.9. The molecule has 0 radical (unpaired) electrons. The average Bonchev–Trinajstić information content (AvgIpc) is 3.28. The topological polar surface area (TPSA) is 121 Å². The molecule has 11 heteroatoms. The molecule has 0 bridgehead atoms. The lowest BCUT2D eigenvalue weighted by Gasteiger charge is -2.38. The molecule has 0 atom stereocenters. The molecule has 1 N–H and O–H groups in total. The minimum absolute atomic E-state index is 0.155. The fourth-order valence-electron chi connectivity index (χ4n) is 4.10. The maximum atomic E-state index is 13.0. The molecule has 0 spiro atoms. The van der Waals surface area contributed by atoms with Gasteiger partial charge >= 0.3 is 0 Å². The summed E-state index contributed by atoms with van der Waals surface area (Å²) in [6, 6.07) is 12.4. The fourth-order valence-corrected chi connectivity index (χ4v) is 4.95. The first-order valence-corrected chi connectivity index (χ1v) is 12.1. The number of hydrogen-bond donors (Lipinski definition) is 1. The van der Waals surface area contributed by atoms with Gasteiger partial charge in [-0.1, -0.05) is 12.1 Å². The van der Waals surface area contributed by atoms with Crippen LogP contribution in [-0.4, -0.2) is 52.0 Å². The average molecular weight is 498 g/mol. The second-order valence-corrected chi connectivity index (χ2v) is 9.31.